The highest BCUT2D eigenvalue weighted by molar-refractivity contribution is 14.0. The second kappa shape index (κ2) is 10.1. The minimum absolute atomic E-state index is 0. The number of halogens is 2. The van der Waals surface area contributed by atoms with Gasteiger partial charge in [-0.1, -0.05) is 0 Å². The molecule has 0 aliphatic carbocycles. The van der Waals surface area contributed by atoms with E-state index in [9.17, 15) is 0 Å². The van der Waals surface area contributed by atoms with Gasteiger partial charge in [-0.15, -0.1) is 24.0 Å². The number of aromatic nitrogens is 3. The standard InChI is InChI=1S/C16H25BrN6.HI/c1-5-18-16(19-6-7-23-10-13(2)9-20-23)22(4)12-15-8-14(17)11-21(15)3;/h8-11H,5-7,12H2,1-4H3,(H,18,19);1H. The van der Waals surface area contributed by atoms with Crippen LogP contribution in [0.25, 0.3) is 0 Å². The van der Waals surface area contributed by atoms with Gasteiger partial charge in [-0.25, -0.2) is 0 Å². The van der Waals surface area contributed by atoms with Crippen molar-refractivity contribution >= 4 is 45.9 Å². The maximum Gasteiger partial charge on any atom is 0.194 e. The average molecular weight is 509 g/mol. The van der Waals surface area contributed by atoms with Crippen LogP contribution in [0.5, 0.6) is 0 Å². The number of guanidine groups is 1. The van der Waals surface area contributed by atoms with Gasteiger partial charge in [0, 0.05) is 43.2 Å². The molecule has 0 radical (unpaired) electrons. The fourth-order valence-corrected chi connectivity index (χ4v) is 2.93. The van der Waals surface area contributed by atoms with Crippen molar-refractivity contribution in [2.24, 2.45) is 12.0 Å². The van der Waals surface area contributed by atoms with Crippen LogP contribution >= 0.6 is 39.9 Å². The smallest absolute Gasteiger partial charge is 0.194 e. The lowest BCUT2D eigenvalue weighted by Crippen LogP contribution is -2.39. The lowest BCUT2D eigenvalue weighted by atomic mass is 10.4. The zero-order valence-corrected chi connectivity index (χ0v) is 18.6. The zero-order chi connectivity index (χ0) is 16.8. The molecule has 6 nitrogen and oxygen atoms in total. The summed E-state index contributed by atoms with van der Waals surface area (Å²) in [6.45, 7) is 7.26. The van der Waals surface area contributed by atoms with Crippen LogP contribution in [0, 0.1) is 6.92 Å². The zero-order valence-electron chi connectivity index (χ0n) is 14.7. The van der Waals surface area contributed by atoms with Crippen LogP contribution < -0.4 is 5.32 Å². The van der Waals surface area contributed by atoms with Crippen LogP contribution in [0.2, 0.25) is 0 Å². The molecule has 0 aliphatic heterocycles. The summed E-state index contributed by atoms with van der Waals surface area (Å²) in [5, 5.41) is 7.64. The van der Waals surface area contributed by atoms with Gasteiger partial charge in [0.25, 0.3) is 0 Å². The summed E-state index contributed by atoms with van der Waals surface area (Å²) in [6, 6.07) is 2.13. The van der Waals surface area contributed by atoms with E-state index in [1.807, 2.05) is 24.0 Å². The molecular weight excluding hydrogens is 483 g/mol. The number of hydrogen-bond donors (Lipinski definition) is 1. The maximum absolute atomic E-state index is 4.70. The largest absolute Gasteiger partial charge is 0.357 e. The van der Waals surface area contributed by atoms with Crippen LogP contribution in [0.1, 0.15) is 18.2 Å². The Kier molecular flexibility index (Phi) is 8.82. The van der Waals surface area contributed by atoms with Gasteiger partial charge in [-0.3, -0.25) is 9.67 Å². The van der Waals surface area contributed by atoms with Crippen molar-refractivity contribution < 1.29 is 0 Å². The molecule has 2 rings (SSSR count). The second-order valence-corrected chi connectivity index (χ2v) is 6.55. The quantitative estimate of drug-likeness (QED) is 0.370. The van der Waals surface area contributed by atoms with Gasteiger partial charge in [0.15, 0.2) is 5.96 Å². The lowest BCUT2D eigenvalue weighted by molar-refractivity contribution is 0.460. The molecular formula is C16H26BrIN6. The second-order valence-electron chi connectivity index (χ2n) is 5.63. The molecule has 0 fully saturated rings. The first-order valence-corrected chi connectivity index (χ1v) is 8.58. The minimum Gasteiger partial charge on any atom is -0.357 e. The van der Waals surface area contributed by atoms with Gasteiger partial charge < -0.3 is 14.8 Å². The van der Waals surface area contributed by atoms with E-state index in [2.05, 4.69) is 69.1 Å². The fourth-order valence-electron chi connectivity index (χ4n) is 2.36. The number of nitrogens with zero attached hydrogens (tertiary/aromatic N) is 5. The Balaban J connectivity index is 0.00000288. The highest BCUT2D eigenvalue weighted by atomic mass is 127. The molecule has 0 unspecified atom stereocenters. The van der Waals surface area contributed by atoms with Crippen LogP contribution in [0.15, 0.2) is 34.1 Å². The molecule has 134 valence electrons. The summed E-state index contributed by atoms with van der Waals surface area (Å²) in [5.74, 6) is 0.911. The van der Waals surface area contributed by atoms with Gasteiger partial charge in [-0.2, -0.15) is 5.10 Å². The molecule has 1 N–H and O–H groups in total. The molecule has 0 aliphatic rings. The number of rotatable bonds is 6. The molecule has 0 saturated carbocycles. The van der Waals surface area contributed by atoms with Crippen molar-refractivity contribution in [2.45, 2.75) is 26.9 Å². The minimum atomic E-state index is 0. The van der Waals surface area contributed by atoms with Crippen molar-refractivity contribution in [3.63, 3.8) is 0 Å². The molecule has 0 amide bonds. The van der Waals surface area contributed by atoms with E-state index in [0.29, 0.717) is 6.54 Å². The van der Waals surface area contributed by atoms with E-state index in [1.165, 1.54) is 11.3 Å². The highest BCUT2D eigenvalue weighted by Crippen LogP contribution is 2.14. The van der Waals surface area contributed by atoms with E-state index in [0.717, 1.165) is 30.1 Å². The average Bonchev–Trinajstić information content (AvgIpc) is 3.03. The summed E-state index contributed by atoms with van der Waals surface area (Å²) >= 11 is 3.52. The van der Waals surface area contributed by atoms with Crippen LogP contribution in [0.3, 0.4) is 0 Å². The third-order valence-electron chi connectivity index (χ3n) is 3.52. The maximum atomic E-state index is 4.70. The van der Waals surface area contributed by atoms with Crippen LogP contribution in [-0.2, 0) is 20.1 Å². The van der Waals surface area contributed by atoms with Crippen molar-refractivity contribution in [3.05, 3.63) is 40.4 Å². The van der Waals surface area contributed by atoms with Crippen molar-refractivity contribution in [2.75, 3.05) is 20.1 Å². The summed E-state index contributed by atoms with van der Waals surface area (Å²) in [6.07, 6.45) is 5.97. The summed E-state index contributed by atoms with van der Waals surface area (Å²) < 4.78 is 5.15. The molecule has 0 spiro atoms. The molecule has 2 aromatic heterocycles. The van der Waals surface area contributed by atoms with Crippen LogP contribution in [0.4, 0.5) is 0 Å². The Bertz CT molecular complexity index is 663. The normalized spacial score (nSPS) is 11.3. The Labute approximate surface area is 169 Å². The Morgan fingerprint density at radius 2 is 2.17 bits per heavy atom. The number of hydrogen-bond acceptors (Lipinski definition) is 2. The van der Waals surface area contributed by atoms with E-state index in [1.54, 1.807) is 0 Å². The van der Waals surface area contributed by atoms with Crippen molar-refractivity contribution in [1.82, 2.24) is 24.6 Å². The predicted octanol–water partition coefficient (Wildman–Crippen LogP) is 3.01. The molecule has 0 saturated heterocycles. The molecule has 0 aromatic carbocycles. The monoisotopic (exact) mass is 508 g/mol. The Hall–Kier alpha value is -1.03. The van der Waals surface area contributed by atoms with Crippen LogP contribution in [-0.4, -0.2) is 45.3 Å². The Morgan fingerprint density at radius 1 is 1.42 bits per heavy atom. The topological polar surface area (TPSA) is 50.4 Å². The predicted molar refractivity (Wildman–Crippen MR) is 113 cm³/mol. The fraction of sp³-hybridized carbons (Fsp3) is 0.500. The van der Waals surface area contributed by atoms with Gasteiger partial charge >= 0.3 is 0 Å². The van der Waals surface area contributed by atoms with Crippen molar-refractivity contribution in [3.8, 4) is 0 Å². The first kappa shape index (κ1) is 21.0. The van der Waals surface area contributed by atoms with Gasteiger partial charge in [0.1, 0.15) is 0 Å². The number of nitrogens with one attached hydrogen (secondary N) is 1. The number of aliphatic imine (C=N–C) groups is 1. The third-order valence-corrected chi connectivity index (χ3v) is 3.96. The molecule has 2 heterocycles. The molecule has 0 atom stereocenters. The van der Waals surface area contributed by atoms with E-state index in [-0.39, 0.29) is 24.0 Å². The molecule has 24 heavy (non-hydrogen) atoms. The first-order chi connectivity index (χ1) is 11.0. The number of aryl methyl sites for hydroxylation is 2. The summed E-state index contributed by atoms with van der Waals surface area (Å²) in [7, 11) is 4.11. The summed E-state index contributed by atoms with van der Waals surface area (Å²) in [5.41, 5.74) is 2.40. The van der Waals surface area contributed by atoms with Gasteiger partial charge in [0.2, 0.25) is 0 Å². The molecule has 8 heteroatoms. The Morgan fingerprint density at radius 3 is 2.71 bits per heavy atom. The van der Waals surface area contributed by atoms with E-state index < -0.39 is 0 Å². The summed E-state index contributed by atoms with van der Waals surface area (Å²) in [4.78, 5) is 6.84. The highest BCUT2D eigenvalue weighted by Gasteiger charge is 2.09. The first-order valence-electron chi connectivity index (χ1n) is 7.79. The van der Waals surface area contributed by atoms with Gasteiger partial charge in [-0.05, 0) is 41.4 Å². The third kappa shape index (κ3) is 6.12. The van der Waals surface area contributed by atoms with E-state index in [4.69, 9.17) is 4.99 Å². The van der Waals surface area contributed by atoms with E-state index >= 15 is 0 Å². The lowest BCUT2D eigenvalue weighted by Gasteiger charge is -2.22. The van der Waals surface area contributed by atoms with Crippen molar-refractivity contribution in [1.29, 1.82) is 0 Å². The molecule has 2 aromatic rings. The SMILES string of the molecule is CCNC(=NCCn1cc(C)cn1)N(C)Cc1cc(Br)cn1C.I. The molecule has 0 bridgehead atoms. The van der Waals surface area contributed by atoms with Gasteiger partial charge in [0.05, 0.1) is 25.8 Å².